The first-order chi connectivity index (χ1) is 12.5. The number of carbonyl (C=O) groups excluding carboxylic acids is 1. The average molecular weight is 352 g/mol. The molecule has 0 saturated carbocycles. The number of nitrogens with zero attached hydrogens (tertiary/aromatic N) is 5. The molecule has 136 valence electrons. The Hall–Kier alpha value is -2.96. The standard InChI is InChI=1S/C19H24N6O/c1-5-24(6-2)18-15-10-22-25(19(15)21-12-20-18)11-17(26)23-16-9-13(3)7-8-14(16)4/h7-10,12H,5-6,11H2,1-4H3,(H,23,26). The second-order valence-electron chi connectivity index (χ2n) is 6.28. The van der Waals surface area contributed by atoms with Gasteiger partial charge in [-0.25, -0.2) is 14.6 Å². The summed E-state index contributed by atoms with van der Waals surface area (Å²) in [6, 6.07) is 5.99. The quantitative estimate of drug-likeness (QED) is 0.738. The van der Waals surface area contributed by atoms with Gasteiger partial charge in [-0.3, -0.25) is 4.79 Å². The van der Waals surface area contributed by atoms with Crippen LogP contribution < -0.4 is 10.2 Å². The smallest absolute Gasteiger partial charge is 0.246 e. The summed E-state index contributed by atoms with van der Waals surface area (Å²) in [6.45, 7) is 9.94. The van der Waals surface area contributed by atoms with Gasteiger partial charge in [-0.1, -0.05) is 12.1 Å². The van der Waals surface area contributed by atoms with Crippen molar-refractivity contribution >= 4 is 28.4 Å². The first kappa shape index (κ1) is 17.8. The third-order valence-corrected chi connectivity index (χ3v) is 4.44. The molecule has 1 amide bonds. The van der Waals surface area contributed by atoms with Gasteiger partial charge in [0.05, 0.1) is 11.6 Å². The molecule has 0 fully saturated rings. The number of nitrogens with one attached hydrogen (secondary N) is 1. The van der Waals surface area contributed by atoms with Crippen LogP contribution in [0.3, 0.4) is 0 Å². The summed E-state index contributed by atoms with van der Waals surface area (Å²) in [5, 5.41) is 8.17. The molecule has 0 unspecified atom stereocenters. The molecule has 3 rings (SSSR count). The normalized spacial score (nSPS) is 10.9. The van der Waals surface area contributed by atoms with E-state index in [4.69, 9.17) is 0 Å². The van der Waals surface area contributed by atoms with Gasteiger partial charge in [-0.2, -0.15) is 5.10 Å². The molecule has 0 atom stereocenters. The average Bonchev–Trinajstić information content (AvgIpc) is 3.03. The van der Waals surface area contributed by atoms with E-state index in [0.29, 0.717) is 5.65 Å². The molecule has 0 spiro atoms. The maximum Gasteiger partial charge on any atom is 0.246 e. The van der Waals surface area contributed by atoms with Crippen LogP contribution >= 0.6 is 0 Å². The first-order valence-corrected chi connectivity index (χ1v) is 8.82. The van der Waals surface area contributed by atoms with Gasteiger partial charge in [0.2, 0.25) is 5.91 Å². The molecule has 3 aromatic rings. The fraction of sp³-hybridized carbons (Fsp3) is 0.368. The Morgan fingerprint density at radius 2 is 1.96 bits per heavy atom. The number of aryl methyl sites for hydroxylation is 2. The van der Waals surface area contributed by atoms with Gasteiger partial charge in [-0.05, 0) is 44.9 Å². The van der Waals surface area contributed by atoms with Crippen molar-refractivity contribution in [3.8, 4) is 0 Å². The highest BCUT2D eigenvalue weighted by atomic mass is 16.2. The van der Waals surface area contributed by atoms with Crippen molar-refractivity contribution in [2.75, 3.05) is 23.3 Å². The molecule has 0 saturated heterocycles. The molecule has 26 heavy (non-hydrogen) atoms. The van der Waals surface area contributed by atoms with Gasteiger partial charge >= 0.3 is 0 Å². The molecule has 0 aliphatic heterocycles. The number of fused-ring (bicyclic) bond motifs is 1. The number of aromatic nitrogens is 4. The minimum absolute atomic E-state index is 0.103. The van der Waals surface area contributed by atoms with E-state index >= 15 is 0 Å². The van der Waals surface area contributed by atoms with Gasteiger partial charge in [0.25, 0.3) is 0 Å². The van der Waals surface area contributed by atoms with E-state index in [0.717, 1.165) is 41.1 Å². The van der Waals surface area contributed by atoms with Crippen molar-refractivity contribution in [1.29, 1.82) is 0 Å². The van der Waals surface area contributed by atoms with Crippen LogP contribution in [0.4, 0.5) is 11.5 Å². The van der Waals surface area contributed by atoms with E-state index < -0.39 is 0 Å². The highest BCUT2D eigenvalue weighted by Gasteiger charge is 2.15. The van der Waals surface area contributed by atoms with Crippen LogP contribution in [0.25, 0.3) is 11.0 Å². The highest BCUT2D eigenvalue weighted by Crippen LogP contribution is 2.22. The van der Waals surface area contributed by atoms with E-state index in [9.17, 15) is 4.79 Å². The van der Waals surface area contributed by atoms with Crippen molar-refractivity contribution in [1.82, 2.24) is 19.7 Å². The summed E-state index contributed by atoms with van der Waals surface area (Å²) in [5.41, 5.74) is 3.62. The molecule has 2 heterocycles. The molecule has 1 aromatic carbocycles. The molecule has 0 bridgehead atoms. The lowest BCUT2D eigenvalue weighted by Gasteiger charge is -2.19. The predicted molar refractivity (Wildman–Crippen MR) is 103 cm³/mol. The van der Waals surface area contributed by atoms with Gasteiger partial charge in [0.15, 0.2) is 5.65 Å². The van der Waals surface area contributed by atoms with Gasteiger partial charge in [0.1, 0.15) is 18.7 Å². The van der Waals surface area contributed by atoms with Gasteiger partial charge < -0.3 is 10.2 Å². The third kappa shape index (κ3) is 3.51. The van der Waals surface area contributed by atoms with Crippen molar-refractivity contribution in [2.24, 2.45) is 0 Å². The fourth-order valence-electron chi connectivity index (χ4n) is 2.97. The Bertz CT molecular complexity index is 929. The van der Waals surface area contributed by atoms with Crippen molar-refractivity contribution in [3.05, 3.63) is 41.9 Å². The molecular weight excluding hydrogens is 328 g/mol. The predicted octanol–water partition coefficient (Wildman–Crippen LogP) is 2.93. The maximum atomic E-state index is 12.5. The number of carbonyl (C=O) groups is 1. The van der Waals surface area contributed by atoms with Crippen LogP contribution in [0, 0.1) is 13.8 Å². The number of benzene rings is 1. The van der Waals surface area contributed by atoms with Gasteiger partial charge in [0, 0.05) is 18.8 Å². The molecule has 7 nitrogen and oxygen atoms in total. The van der Waals surface area contributed by atoms with E-state index in [1.807, 2.05) is 32.0 Å². The third-order valence-electron chi connectivity index (χ3n) is 4.44. The monoisotopic (exact) mass is 352 g/mol. The number of amides is 1. The lowest BCUT2D eigenvalue weighted by Crippen LogP contribution is -2.23. The Labute approximate surface area is 153 Å². The first-order valence-electron chi connectivity index (χ1n) is 8.82. The Kier molecular flexibility index (Phi) is 5.16. The van der Waals surface area contributed by atoms with Crippen molar-refractivity contribution in [3.63, 3.8) is 0 Å². The zero-order chi connectivity index (χ0) is 18.7. The Morgan fingerprint density at radius 3 is 2.69 bits per heavy atom. The molecule has 7 heteroatoms. The zero-order valence-electron chi connectivity index (χ0n) is 15.7. The van der Waals surface area contributed by atoms with E-state index in [1.54, 1.807) is 10.9 Å². The minimum Gasteiger partial charge on any atom is -0.356 e. The minimum atomic E-state index is -0.133. The van der Waals surface area contributed by atoms with Crippen LogP contribution in [-0.4, -0.2) is 38.7 Å². The van der Waals surface area contributed by atoms with Crippen LogP contribution in [0.5, 0.6) is 0 Å². The number of hydrogen-bond acceptors (Lipinski definition) is 5. The van der Waals surface area contributed by atoms with Crippen LogP contribution in [0.2, 0.25) is 0 Å². The summed E-state index contributed by atoms with van der Waals surface area (Å²) in [4.78, 5) is 23.4. The summed E-state index contributed by atoms with van der Waals surface area (Å²) in [6.07, 6.45) is 3.25. The summed E-state index contributed by atoms with van der Waals surface area (Å²) >= 11 is 0. The summed E-state index contributed by atoms with van der Waals surface area (Å²) in [5.74, 6) is 0.716. The SMILES string of the molecule is CCN(CC)c1ncnc2c1cnn2CC(=O)Nc1cc(C)ccc1C. The van der Waals surface area contributed by atoms with Crippen LogP contribution in [0.15, 0.2) is 30.7 Å². The maximum absolute atomic E-state index is 12.5. The molecular formula is C19H24N6O. The second kappa shape index (κ2) is 7.51. The molecule has 0 aliphatic carbocycles. The number of rotatable bonds is 6. The highest BCUT2D eigenvalue weighted by molar-refractivity contribution is 5.93. The number of anilines is 2. The lowest BCUT2D eigenvalue weighted by molar-refractivity contribution is -0.116. The largest absolute Gasteiger partial charge is 0.356 e. The van der Waals surface area contributed by atoms with Crippen molar-refractivity contribution < 1.29 is 4.79 Å². The Balaban J connectivity index is 1.84. The van der Waals surface area contributed by atoms with Gasteiger partial charge in [-0.15, -0.1) is 0 Å². The van der Waals surface area contributed by atoms with Crippen molar-refractivity contribution in [2.45, 2.75) is 34.2 Å². The summed E-state index contributed by atoms with van der Waals surface area (Å²) in [7, 11) is 0. The van der Waals surface area contributed by atoms with Crippen LogP contribution in [0.1, 0.15) is 25.0 Å². The van der Waals surface area contributed by atoms with E-state index in [-0.39, 0.29) is 12.5 Å². The molecule has 0 aliphatic rings. The topological polar surface area (TPSA) is 75.9 Å². The molecule has 0 radical (unpaired) electrons. The molecule has 2 aromatic heterocycles. The number of hydrogen-bond donors (Lipinski definition) is 1. The lowest BCUT2D eigenvalue weighted by atomic mass is 10.1. The molecule has 1 N–H and O–H groups in total. The zero-order valence-corrected chi connectivity index (χ0v) is 15.7. The Morgan fingerprint density at radius 1 is 1.19 bits per heavy atom. The second-order valence-corrected chi connectivity index (χ2v) is 6.28. The van der Waals surface area contributed by atoms with Crippen LogP contribution in [-0.2, 0) is 11.3 Å². The summed E-state index contributed by atoms with van der Waals surface area (Å²) < 4.78 is 1.62. The van der Waals surface area contributed by atoms with E-state index in [1.165, 1.54) is 6.33 Å². The van der Waals surface area contributed by atoms with E-state index in [2.05, 4.69) is 39.1 Å². The fourth-order valence-corrected chi connectivity index (χ4v) is 2.97.